The molecule has 0 spiro atoms. The summed E-state index contributed by atoms with van der Waals surface area (Å²) in [6, 6.07) is 0. The second-order valence-corrected chi connectivity index (χ2v) is 3.49. The maximum atomic E-state index is 11.8. The van der Waals surface area contributed by atoms with Gasteiger partial charge in [-0.15, -0.1) is 0 Å². The zero-order valence-electron chi connectivity index (χ0n) is 9.06. The predicted molar refractivity (Wildman–Crippen MR) is 59.0 cm³/mol. The molecule has 0 radical (unpaired) electrons. The van der Waals surface area contributed by atoms with E-state index in [2.05, 4.69) is 15.0 Å². The molecule has 0 amide bonds. The Morgan fingerprint density at radius 3 is 2.76 bits per heavy atom. The molecule has 0 saturated carbocycles. The van der Waals surface area contributed by atoms with Crippen LogP contribution in [0.2, 0.25) is 0 Å². The molecule has 0 aromatic carbocycles. The van der Waals surface area contributed by atoms with Gasteiger partial charge in [-0.2, -0.15) is 0 Å². The molecule has 2 rings (SSSR count). The number of Topliss-reactive ketones (excluding diaryl/α,β-unsaturated/α-hetero) is 1. The molecule has 0 aliphatic heterocycles. The first-order chi connectivity index (χ1) is 8.09. The van der Waals surface area contributed by atoms with Crippen molar-refractivity contribution in [3.8, 4) is 0 Å². The molecule has 7 heteroatoms. The fraction of sp³-hybridized carbons (Fsp3) is 0.200. The normalized spacial score (nSPS) is 10.4. The molecule has 7 nitrogen and oxygen atoms in total. The summed E-state index contributed by atoms with van der Waals surface area (Å²) in [5, 5.41) is 0. The zero-order valence-corrected chi connectivity index (χ0v) is 9.06. The number of aromatic nitrogens is 4. The number of ketones is 1. The maximum Gasteiger partial charge on any atom is 0.328 e. The number of rotatable bonds is 3. The second kappa shape index (κ2) is 4.20. The first kappa shape index (κ1) is 11.1. The first-order valence-corrected chi connectivity index (χ1v) is 4.91. The highest BCUT2D eigenvalue weighted by Gasteiger charge is 2.11. The van der Waals surface area contributed by atoms with E-state index in [9.17, 15) is 14.4 Å². The lowest BCUT2D eigenvalue weighted by atomic mass is 10.2. The third-order valence-electron chi connectivity index (χ3n) is 2.30. The molecule has 2 aromatic rings. The van der Waals surface area contributed by atoms with Crippen molar-refractivity contribution in [3.63, 3.8) is 0 Å². The van der Waals surface area contributed by atoms with Gasteiger partial charge in [-0.3, -0.25) is 14.2 Å². The molecule has 0 atom stereocenters. The Hall–Kier alpha value is -2.44. The van der Waals surface area contributed by atoms with E-state index in [-0.39, 0.29) is 17.9 Å². The van der Waals surface area contributed by atoms with Crippen LogP contribution in [0, 0.1) is 0 Å². The van der Waals surface area contributed by atoms with E-state index in [4.69, 9.17) is 0 Å². The SMILES string of the molecule is CC(=O)c1c[nH]c(=O)n(Cc2ncc[nH]2)c1=O. The van der Waals surface area contributed by atoms with Crippen LogP contribution in [0.15, 0.2) is 28.2 Å². The van der Waals surface area contributed by atoms with Crippen molar-refractivity contribution in [2.75, 3.05) is 0 Å². The van der Waals surface area contributed by atoms with E-state index >= 15 is 0 Å². The van der Waals surface area contributed by atoms with E-state index in [1.165, 1.54) is 13.1 Å². The summed E-state index contributed by atoms with van der Waals surface area (Å²) in [6.45, 7) is 1.27. The molecule has 88 valence electrons. The number of nitrogens with one attached hydrogen (secondary N) is 2. The lowest BCUT2D eigenvalue weighted by Crippen LogP contribution is -2.38. The van der Waals surface area contributed by atoms with Gasteiger partial charge in [0.05, 0.1) is 12.1 Å². The quantitative estimate of drug-likeness (QED) is 0.700. The van der Waals surface area contributed by atoms with Gasteiger partial charge in [0, 0.05) is 18.6 Å². The number of nitrogens with zero attached hydrogens (tertiary/aromatic N) is 2. The fourth-order valence-electron chi connectivity index (χ4n) is 1.44. The molecule has 0 saturated heterocycles. The Balaban J connectivity index is 2.53. The van der Waals surface area contributed by atoms with E-state index in [0.29, 0.717) is 5.82 Å². The predicted octanol–water partition coefficient (Wildman–Crippen LogP) is -0.489. The van der Waals surface area contributed by atoms with Gasteiger partial charge in [0.25, 0.3) is 5.56 Å². The van der Waals surface area contributed by atoms with E-state index in [1.54, 1.807) is 6.20 Å². The standard InChI is InChI=1S/C10H10N4O3/c1-6(15)7-4-13-10(17)14(9(7)16)5-8-11-2-3-12-8/h2-4H,5H2,1H3,(H,11,12)(H,13,17). The van der Waals surface area contributed by atoms with Crippen molar-refractivity contribution in [2.24, 2.45) is 0 Å². The van der Waals surface area contributed by atoms with Crippen molar-refractivity contribution in [2.45, 2.75) is 13.5 Å². The molecular formula is C10H10N4O3. The summed E-state index contributed by atoms with van der Waals surface area (Å²) >= 11 is 0. The van der Waals surface area contributed by atoms with Crippen LogP contribution < -0.4 is 11.2 Å². The maximum absolute atomic E-state index is 11.8. The molecule has 0 aliphatic rings. The van der Waals surface area contributed by atoms with Crippen molar-refractivity contribution < 1.29 is 4.79 Å². The van der Waals surface area contributed by atoms with E-state index in [1.807, 2.05) is 0 Å². The Morgan fingerprint density at radius 1 is 1.41 bits per heavy atom. The van der Waals surface area contributed by atoms with Crippen LogP contribution in [0.4, 0.5) is 0 Å². The van der Waals surface area contributed by atoms with Crippen molar-refractivity contribution >= 4 is 5.78 Å². The van der Waals surface area contributed by atoms with Gasteiger partial charge >= 0.3 is 5.69 Å². The number of aromatic amines is 2. The average molecular weight is 234 g/mol. The van der Waals surface area contributed by atoms with Gasteiger partial charge in [0.1, 0.15) is 5.82 Å². The Morgan fingerprint density at radius 2 is 2.18 bits per heavy atom. The minimum Gasteiger partial charge on any atom is -0.347 e. The molecule has 0 bridgehead atoms. The number of H-pyrrole nitrogens is 2. The summed E-state index contributed by atoms with van der Waals surface area (Å²) in [6.07, 6.45) is 4.23. The molecule has 0 aliphatic carbocycles. The van der Waals surface area contributed by atoms with Crippen LogP contribution in [0.25, 0.3) is 0 Å². The van der Waals surface area contributed by atoms with Crippen molar-refractivity contribution in [3.05, 3.63) is 50.8 Å². The van der Waals surface area contributed by atoms with Crippen LogP contribution in [-0.4, -0.2) is 25.3 Å². The van der Waals surface area contributed by atoms with E-state index < -0.39 is 11.2 Å². The van der Waals surface area contributed by atoms with Crippen LogP contribution in [0.3, 0.4) is 0 Å². The highest BCUT2D eigenvalue weighted by molar-refractivity contribution is 5.93. The third-order valence-corrected chi connectivity index (χ3v) is 2.30. The molecule has 2 N–H and O–H groups in total. The molecule has 0 fully saturated rings. The minimum atomic E-state index is -0.613. The smallest absolute Gasteiger partial charge is 0.328 e. The second-order valence-electron chi connectivity index (χ2n) is 3.49. The summed E-state index contributed by atoms with van der Waals surface area (Å²) in [7, 11) is 0. The summed E-state index contributed by atoms with van der Waals surface area (Å²) in [4.78, 5) is 43.6. The van der Waals surface area contributed by atoms with Crippen molar-refractivity contribution in [1.82, 2.24) is 19.5 Å². The van der Waals surface area contributed by atoms with Gasteiger partial charge in [-0.25, -0.2) is 9.78 Å². The number of imidazole rings is 1. The van der Waals surface area contributed by atoms with Crippen LogP contribution >= 0.6 is 0 Å². The molecule has 2 heterocycles. The highest BCUT2D eigenvalue weighted by Crippen LogP contribution is 1.92. The van der Waals surface area contributed by atoms with Crippen molar-refractivity contribution in [1.29, 1.82) is 0 Å². The Bertz CT molecular complexity index is 651. The van der Waals surface area contributed by atoms with Crippen LogP contribution in [0.1, 0.15) is 23.1 Å². The topological polar surface area (TPSA) is 101 Å². The largest absolute Gasteiger partial charge is 0.347 e. The number of carbonyl (C=O) groups excluding carboxylic acids is 1. The Labute approximate surface area is 95.1 Å². The average Bonchev–Trinajstić information content (AvgIpc) is 2.76. The molecule has 17 heavy (non-hydrogen) atoms. The lowest BCUT2D eigenvalue weighted by molar-refractivity contribution is 0.101. The number of hydrogen-bond donors (Lipinski definition) is 2. The van der Waals surface area contributed by atoms with Crippen LogP contribution in [0.5, 0.6) is 0 Å². The zero-order chi connectivity index (χ0) is 12.4. The summed E-state index contributed by atoms with van der Waals surface area (Å²) in [5.41, 5.74) is -1.23. The highest BCUT2D eigenvalue weighted by atomic mass is 16.2. The Kier molecular flexibility index (Phi) is 2.73. The first-order valence-electron chi connectivity index (χ1n) is 4.91. The molecule has 0 unspecified atom stereocenters. The third kappa shape index (κ3) is 2.07. The number of hydrogen-bond acceptors (Lipinski definition) is 4. The van der Waals surface area contributed by atoms with E-state index in [0.717, 1.165) is 10.8 Å². The summed E-state index contributed by atoms with van der Waals surface area (Å²) in [5.74, 6) is 0.0812. The van der Waals surface area contributed by atoms with Crippen LogP contribution in [-0.2, 0) is 6.54 Å². The monoisotopic (exact) mass is 234 g/mol. The minimum absolute atomic E-state index is 0.00227. The number of carbonyl (C=O) groups is 1. The van der Waals surface area contributed by atoms with Gasteiger partial charge in [0.2, 0.25) is 0 Å². The van der Waals surface area contributed by atoms with Gasteiger partial charge in [-0.1, -0.05) is 0 Å². The summed E-state index contributed by atoms with van der Waals surface area (Å²) < 4.78 is 0.926. The molecular weight excluding hydrogens is 224 g/mol. The lowest BCUT2D eigenvalue weighted by Gasteiger charge is -2.03. The van der Waals surface area contributed by atoms with Gasteiger partial charge < -0.3 is 9.97 Å². The molecule has 2 aromatic heterocycles. The fourth-order valence-corrected chi connectivity index (χ4v) is 1.44. The van der Waals surface area contributed by atoms with Gasteiger partial charge in [-0.05, 0) is 6.92 Å². The van der Waals surface area contributed by atoms with Gasteiger partial charge in [0.15, 0.2) is 5.78 Å².